The SMILES string of the molecule is N#COc1cccc(F)c1COc1ccn(O)n1. The number of ether oxygens (including phenoxy) is 2. The van der Waals surface area contributed by atoms with Crippen LogP contribution in [0.5, 0.6) is 11.6 Å². The maximum atomic E-state index is 13.5. The zero-order chi connectivity index (χ0) is 13.0. The van der Waals surface area contributed by atoms with Crippen molar-refractivity contribution in [2.24, 2.45) is 0 Å². The van der Waals surface area contributed by atoms with Gasteiger partial charge in [0.05, 0.1) is 11.8 Å². The third-order valence-electron chi connectivity index (χ3n) is 2.15. The minimum absolute atomic E-state index is 0.0842. The predicted octanol–water partition coefficient (Wildman–Crippen LogP) is 1.70. The Balaban J connectivity index is 2.15. The molecule has 0 saturated carbocycles. The molecule has 0 saturated heterocycles. The Morgan fingerprint density at radius 1 is 1.44 bits per heavy atom. The number of halogens is 1. The van der Waals surface area contributed by atoms with Crippen molar-refractivity contribution < 1.29 is 19.1 Å². The Labute approximate surface area is 101 Å². The quantitative estimate of drug-likeness (QED) is 0.658. The Morgan fingerprint density at radius 2 is 2.28 bits per heavy atom. The largest absolute Gasteiger partial charge is 0.471 e. The molecule has 2 aromatic rings. The fraction of sp³-hybridized carbons (Fsp3) is 0.0909. The van der Waals surface area contributed by atoms with Gasteiger partial charge in [0.2, 0.25) is 5.88 Å². The zero-order valence-electron chi connectivity index (χ0n) is 9.08. The van der Waals surface area contributed by atoms with Gasteiger partial charge in [-0.05, 0) is 12.1 Å². The average Bonchev–Trinajstić information content (AvgIpc) is 2.75. The van der Waals surface area contributed by atoms with Crippen LogP contribution in [0.4, 0.5) is 4.39 Å². The molecular formula is C11H8FN3O3. The normalized spacial score (nSPS) is 9.78. The summed E-state index contributed by atoms with van der Waals surface area (Å²) in [6.07, 6.45) is 2.74. The second-order valence-electron chi connectivity index (χ2n) is 3.27. The molecule has 0 aliphatic heterocycles. The molecule has 1 heterocycles. The van der Waals surface area contributed by atoms with E-state index in [1.165, 1.54) is 36.7 Å². The van der Waals surface area contributed by atoms with Crippen LogP contribution >= 0.6 is 0 Å². The van der Waals surface area contributed by atoms with Gasteiger partial charge in [-0.15, -0.1) is 10.1 Å². The van der Waals surface area contributed by atoms with Crippen LogP contribution < -0.4 is 9.47 Å². The molecule has 0 fully saturated rings. The first-order valence-electron chi connectivity index (χ1n) is 4.92. The monoisotopic (exact) mass is 249 g/mol. The Hall–Kier alpha value is -2.75. The summed E-state index contributed by atoms with van der Waals surface area (Å²) in [6.45, 7) is -0.166. The van der Waals surface area contributed by atoms with Gasteiger partial charge in [0.1, 0.15) is 12.4 Å². The molecule has 0 radical (unpaired) electrons. The highest BCUT2D eigenvalue weighted by atomic mass is 19.1. The zero-order valence-corrected chi connectivity index (χ0v) is 9.08. The van der Waals surface area contributed by atoms with Crippen LogP contribution in [0.2, 0.25) is 0 Å². The van der Waals surface area contributed by atoms with E-state index in [1.807, 2.05) is 0 Å². The van der Waals surface area contributed by atoms with E-state index < -0.39 is 5.82 Å². The summed E-state index contributed by atoms with van der Waals surface area (Å²) < 4.78 is 23.3. The van der Waals surface area contributed by atoms with Gasteiger partial charge in [0.25, 0.3) is 6.26 Å². The van der Waals surface area contributed by atoms with E-state index in [0.29, 0.717) is 4.85 Å². The second kappa shape index (κ2) is 5.05. The standard InChI is InChI=1S/C11H8FN3O3/c12-9-2-1-3-10(18-7-13)8(9)6-17-11-4-5-15(16)14-11/h1-5,16H,6H2. The molecule has 0 aliphatic rings. The molecule has 0 bridgehead atoms. The first-order chi connectivity index (χ1) is 8.70. The summed E-state index contributed by atoms with van der Waals surface area (Å²) in [5.74, 6) is -0.337. The van der Waals surface area contributed by atoms with Gasteiger partial charge in [-0.2, -0.15) is 0 Å². The average molecular weight is 249 g/mol. The maximum absolute atomic E-state index is 13.5. The van der Waals surface area contributed by atoms with Crippen LogP contribution in [0.25, 0.3) is 0 Å². The van der Waals surface area contributed by atoms with E-state index in [0.717, 1.165) is 0 Å². The molecule has 6 nitrogen and oxygen atoms in total. The molecule has 2 rings (SSSR count). The number of benzene rings is 1. The van der Waals surface area contributed by atoms with Crippen LogP contribution in [0.1, 0.15) is 5.56 Å². The molecule has 0 atom stereocenters. The second-order valence-corrected chi connectivity index (χ2v) is 3.27. The van der Waals surface area contributed by atoms with Crippen molar-refractivity contribution in [2.75, 3.05) is 0 Å². The molecule has 18 heavy (non-hydrogen) atoms. The first-order valence-corrected chi connectivity index (χ1v) is 4.92. The molecular weight excluding hydrogens is 241 g/mol. The van der Waals surface area contributed by atoms with Crippen LogP contribution in [0, 0.1) is 17.3 Å². The lowest BCUT2D eigenvalue weighted by Gasteiger charge is -2.07. The van der Waals surface area contributed by atoms with Crippen molar-refractivity contribution in [3.05, 3.63) is 41.8 Å². The highest BCUT2D eigenvalue weighted by Crippen LogP contribution is 2.22. The smallest absolute Gasteiger partial charge is 0.292 e. The molecule has 7 heteroatoms. The van der Waals surface area contributed by atoms with Crippen LogP contribution in [-0.2, 0) is 6.61 Å². The van der Waals surface area contributed by atoms with Gasteiger partial charge in [-0.3, -0.25) is 0 Å². The van der Waals surface area contributed by atoms with E-state index in [-0.39, 0.29) is 23.8 Å². The van der Waals surface area contributed by atoms with Gasteiger partial charge in [0.15, 0.2) is 5.75 Å². The van der Waals surface area contributed by atoms with Crippen molar-refractivity contribution in [3.8, 4) is 17.9 Å². The van der Waals surface area contributed by atoms with Crippen LogP contribution in [0.15, 0.2) is 30.5 Å². The lowest BCUT2D eigenvalue weighted by Crippen LogP contribution is -2.02. The molecule has 92 valence electrons. The van der Waals surface area contributed by atoms with Crippen molar-refractivity contribution in [1.82, 2.24) is 9.94 Å². The van der Waals surface area contributed by atoms with Crippen molar-refractivity contribution in [3.63, 3.8) is 0 Å². The van der Waals surface area contributed by atoms with Gasteiger partial charge < -0.3 is 14.7 Å². The fourth-order valence-corrected chi connectivity index (χ4v) is 1.34. The number of hydrogen-bond acceptors (Lipinski definition) is 5. The topological polar surface area (TPSA) is 80.3 Å². The summed E-state index contributed by atoms with van der Waals surface area (Å²) in [6, 6.07) is 5.52. The highest BCUT2D eigenvalue weighted by molar-refractivity contribution is 5.35. The van der Waals surface area contributed by atoms with Crippen molar-refractivity contribution in [2.45, 2.75) is 6.61 Å². The summed E-state index contributed by atoms with van der Waals surface area (Å²) in [4.78, 5) is 0.573. The van der Waals surface area contributed by atoms with E-state index in [1.54, 1.807) is 0 Å². The lowest BCUT2D eigenvalue weighted by atomic mass is 10.2. The number of hydrogen-bond donors (Lipinski definition) is 1. The molecule has 0 spiro atoms. The van der Waals surface area contributed by atoms with E-state index >= 15 is 0 Å². The molecule has 0 aliphatic carbocycles. The van der Waals surface area contributed by atoms with E-state index in [2.05, 4.69) is 9.84 Å². The molecule has 1 N–H and O–H groups in total. The summed E-state index contributed by atoms with van der Waals surface area (Å²) in [7, 11) is 0. The summed E-state index contributed by atoms with van der Waals surface area (Å²) >= 11 is 0. The Morgan fingerprint density at radius 3 is 2.94 bits per heavy atom. The van der Waals surface area contributed by atoms with E-state index in [4.69, 9.17) is 15.2 Å². The van der Waals surface area contributed by atoms with Gasteiger partial charge >= 0.3 is 0 Å². The van der Waals surface area contributed by atoms with Crippen molar-refractivity contribution in [1.29, 1.82) is 5.26 Å². The minimum atomic E-state index is -0.550. The highest BCUT2D eigenvalue weighted by Gasteiger charge is 2.11. The fourth-order valence-electron chi connectivity index (χ4n) is 1.34. The number of nitrogens with zero attached hydrogens (tertiary/aromatic N) is 3. The van der Waals surface area contributed by atoms with Crippen LogP contribution in [-0.4, -0.2) is 15.2 Å². The lowest BCUT2D eigenvalue weighted by molar-refractivity contribution is 0.141. The van der Waals surface area contributed by atoms with Crippen molar-refractivity contribution >= 4 is 0 Å². The molecule has 0 unspecified atom stereocenters. The summed E-state index contributed by atoms with van der Waals surface area (Å²) in [5, 5.41) is 20.9. The summed E-state index contributed by atoms with van der Waals surface area (Å²) in [5.41, 5.74) is 0.103. The van der Waals surface area contributed by atoms with Gasteiger partial charge in [-0.1, -0.05) is 11.2 Å². The first kappa shape index (κ1) is 11.7. The molecule has 1 aromatic heterocycles. The third-order valence-corrected chi connectivity index (χ3v) is 2.15. The minimum Gasteiger partial charge on any atom is -0.471 e. The van der Waals surface area contributed by atoms with Gasteiger partial charge in [-0.25, -0.2) is 4.39 Å². The Bertz CT molecular complexity index is 591. The maximum Gasteiger partial charge on any atom is 0.292 e. The van der Waals surface area contributed by atoms with Gasteiger partial charge in [0, 0.05) is 6.07 Å². The number of aromatic nitrogens is 2. The molecule has 1 aromatic carbocycles. The predicted molar refractivity (Wildman–Crippen MR) is 56.4 cm³/mol. The Kier molecular flexibility index (Phi) is 3.29. The van der Waals surface area contributed by atoms with Crippen LogP contribution in [0.3, 0.4) is 0 Å². The molecule has 0 amide bonds. The third kappa shape index (κ3) is 2.49. The van der Waals surface area contributed by atoms with E-state index in [9.17, 15) is 4.39 Å². The number of nitriles is 1. The number of rotatable bonds is 4.